The monoisotopic (exact) mass is 443 g/mol. The normalized spacial score (nSPS) is 16.8. The van der Waals surface area contributed by atoms with Crippen LogP contribution in [0.15, 0.2) is 27.0 Å². The molecule has 1 aliphatic rings. The zero-order valence-electron chi connectivity index (χ0n) is 13.7. The molecule has 1 N–H and O–H groups in total. The van der Waals surface area contributed by atoms with E-state index in [0.717, 1.165) is 39.9 Å². The van der Waals surface area contributed by atoms with Gasteiger partial charge in [-0.25, -0.2) is 0 Å². The summed E-state index contributed by atoms with van der Waals surface area (Å²) < 4.78 is 12.3. The van der Waals surface area contributed by atoms with Crippen molar-refractivity contribution in [1.82, 2.24) is 10.2 Å². The smallest absolute Gasteiger partial charge is 0.206 e. The van der Waals surface area contributed by atoms with Crippen LogP contribution in [-0.2, 0) is 4.74 Å². The Morgan fingerprint density at radius 1 is 1.52 bits per heavy atom. The summed E-state index contributed by atoms with van der Waals surface area (Å²) in [5, 5.41) is 12.2. The van der Waals surface area contributed by atoms with Crippen LogP contribution >= 0.6 is 39.0 Å². The molecule has 134 valence electrons. The molecule has 25 heavy (non-hydrogen) atoms. The summed E-state index contributed by atoms with van der Waals surface area (Å²) in [6.07, 6.45) is 2.46. The Morgan fingerprint density at radius 3 is 3.12 bits per heavy atom. The molecule has 2 heterocycles. The molecule has 0 unspecified atom stereocenters. The van der Waals surface area contributed by atoms with Gasteiger partial charge in [-0.2, -0.15) is 0 Å². The van der Waals surface area contributed by atoms with E-state index in [1.165, 1.54) is 23.1 Å². The number of ketones is 1. The zero-order valence-corrected chi connectivity index (χ0v) is 16.9. The Morgan fingerprint density at radius 2 is 2.40 bits per heavy atom. The highest BCUT2D eigenvalue weighted by atomic mass is 79.9. The van der Waals surface area contributed by atoms with Crippen molar-refractivity contribution in [2.24, 2.45) is 0 Å². The molecule has 1 atom stereocenters. The highest BCUT2D eigenvalue weighted by molar-refractivity contribution is 9.10. The van der Waals surface area contributed by atoms with E-state index in [4.69, 9.17) is 9.47 Å². The number of hydrogen-bond donors (Lipinski definition) is 1. The minimum Gasteiger partial charge on any atom is -0.496 e. The largest absolute Gasteiger partial charge is 0.496 e. The summed E-state index contributed by atoms with van der Waals surface area (Å²) in [4.78, 5) is 12.3. The molecule has 1 aliphatic heterocycles. The van der Waals surface area contributed by atoms with Crippen LogP contribution < -0.4 is 10.1 Å². The lowest BCUT2D eigenvalue weighted by atomic mass is 10.1. The molecule has 1 saturated heterocycles. The fourth-order valence-electron chi connectivity index (χ4n) is 2.40. The van der Waals surface area contributed by atoms with Gasteiger partial charge in [-0.3, -0.25) is 4.79 Å². The topological polar surface area (TPSA) is 73.3 Å². The third kappa shape index (κ3) is 5.16. The number of thioether (sulfide) groups is 1. The van der Waals surface area contributed by atoms with Gasteiger partial charge in [0.25, 0.3) is 0 Å². The quantitative estimate of drug-likeness (QED) is 0.490. The van der Waals surface area contributed by atoms with Crippen LogP contribution in [0.1, 0.15) is 23.2 Å². The van der Waals surface area contributed by atoms with E-state index in [1.54, 1.807) is 25.3 Å². The highest BCUT2D eigenvalue weighted by Gasteiger charge is 2.16. The van der Waals surface area contributed by atoms with Gasteiger partial charge >= 0.3 is 0 Å². The third-order valence-electron chi connectivity index (χ3n) is 3.71. The van der Waals surface area contributed by atoms with Crippen molar-refractivity contribution in [3.63, 3.8) is 0 Å². The third-order valence-corrected chi connectivity index (χ3v) is 6.35. The van der Waals surface area contributed by atoms with Gasteiger partial charge in [-0.15, -0.1) is 10.2 Å². The summed E-state index contributed by atoms with van der Waals surface area (Å²) in [6.45, 7) is 1.59. The SMILES string of the molecule is COc1ccc(C(=O)CSc2nnc(NC[C@H]3CCCO3)s2)cc1Br. The molecule has 0 saturated carbocycles. The Hall–Kier alpha value is -1.16. The summed E-state index contributed by atoms with van der Waals surface area (Å²) in [6, 6.07) is 5.32. The predicted molar refractivity (Wildman–Crippen MR) is 103 cm³/mol. The van der Waals surface area contributed by atoms with E-state index in [9.17, 15) is 4.79 Å². The second-order valence-electron chi connectivity index (χ2n) is 5.45. The van der Waals surface area contributed by atoms with E-state index in [-0.39, 0.29) is 11.9 Å². The van der Waals surface area contributed by atoms with E-state index in [0.29, 0.717) is 17.1 Å². The first-order chi connectivity index (χ1) is 12.2. The zero-order chi connectivity index (χ0) is 17.6. The number of carbonyl (C=O) groups excluding carboxylic acids is 1. The number of carbonyl (C=O) groups is 1. The van der Waals surface area contributed by atoms with Crippen molar-refractivity contribution in [2.45, 2.75) is 23.3 Å². The summed E-state index contributed by atoms with van der Waals surface area (Å²) in [5.74, 6) is 1.06. The maximum atomic E-state index is 12.3. The number of benzene rings is 1. The van der Waals surface area contributed by atoms with Crippen LogP contribution in [0, 0.1) is 0 Å². The number of hydrogen-bond acceptors (Lipinski definition) is 8. The number of halogens is 1. The second-order valence-corrected chi connectivity index (χ2v) is 8.50. The Balaban J connectivity index is 1.49. The van der Waals surface area contributed by atoms with E-state index in [1.807, 2.05) is 0 Å². The van der Waals surface area contributed by atoms with Crippen molar-refractivity contribution in [3.05, 3.63) is 28.2 Å². The van der Waals surface area contributed by atoms with Crippen LogP contribution in [0.2, 0.25) is 0 Å². The van der Waals surface area contributed by atoms with Gasteiger partial charge in [0.05, 0.1) is 23.4 Å². The molecular weight excluding hydrogens is 426 g/mol. The van der Waals surface area contributed by atoms with E-state index in [2.05, 4.69) is 31.4 Å². The van der Waals surface area contributed by atoms with Crippen molar-refractivity contribution in [3.8, 4) is 5.75 Å². The van der Waals surface area contributed by atoms with Gasteiger partial charge in [0, 0.05) is 18.7 Å². The van der Waals surface area contributed by atoms with Crippen molar-refractivity contribution >= 4 is 49.9 Å². The first-order valence-corrected chi connectivity index (χ1v) is 10.4. The maximum absolute atomic E-state index is 12.3. The highest BCUT2D eigenvalue weighted by Crippen LogP contribution is 2.29. The molecule has 0 aliphatic carbocycles. The number of methoxy groups -OCH3 is 1. The van der Waals surface area contributed by atoms with Crippen molar-refractivity contribution in [2.75, 3.05) is 31.3 Å². The maximum Gasteiger partial charge on any atom is 0.206 e. The molecule has 9 heteroatoms. The van der Waals surface area contributed by atoms with E-state index >= 15 is 0 Å². The minimum atomic E-state index is 0.0393. The van der Waals surface area contributed by atoms with Gasteiger partial charge in [-0.05, 0) is 47.0 Å². The lowest BCUT2D eigenvalue weighted by Crippen LogP contribution is -2.18. The van der Waals surface area contributed by atoms with Gasteiger partial charge in [0.1, 0.15) is 5.75 Å². The molecular formula is C16H18BrN3O3S2. The molecule has 1 fully saturated rings. The molecule has 0 radical (unpaired) electrons. The second kappa shape index (κ2) is 8.98. The first-order valence-electron chi connectivity index (χ1n) is 7.84. The molecule has 2 aromatic rings. The number of nitrogens with zero attached hydrogens (tertiary/aromatic N) is 2. The molecule has 0 spiro atoms. The number of nitrogens with one attached hydrogen (secondary N) is 1. The van der Waals surface area contributed by atoms with Gasteiger partial charge in [0.15, 0.2) is 10.1 Å². The number of aromatic nitrogens is 2. The molecule has 3 rings (SSSR count). The average molecular weight is 444 g/mol. The Kier molecular flexibility index (Phi) is 6.69. The van der Waals surface area contributed by atoms with Crippen LogP contribution in [-0.4, -0.2) is 48.1 Å². The molecule has 6 nitrogen and oxygen atoms in total. The molecule has 1 aromatic heterocycles. The van der Waals surface area contributed by atoms with Crippen LogP contribution in [0.4, 0.5) is 5.13 Å². The average Bonchev–Trinajstić information content (AvgIpc) is 3.29. The molecule has 1 aromatic carbocycles. The fourth-order valence-corrected chi connectivity index (χ4v) is 4.59. The Bertz CT molecular complexity index is 735. The van der Waals surface area contributed by atoms with Crippen LogP contribution in [0.25, 0.3) is 0 Å². The summed E-state index contributed by atoms with van der Waals surface area (Å²) >= 11 is 6.25. The first kappa shape index (κ1) is 18.6. The van der Waals surface area contributed by atoms with Crippen LogP contribution in [0.3, 0.4) is 0 Å². The summed E-state index contributed by atoms with van der Waals surface area (Å²) in [5.41, 5.74) is 0.640. The van der Waals surface area contributed by atoms with Gasteiger partial charge < -0.3 is 14.8 Å². The van der Waals surface area contributed by atoms with Gasteiger partial charge in [0.2, 0.25) is 5.13 Å². The molecule has 0 bridgehead atoms. The van der Waals surface area contributed by atoms with Crippen LogP contribution in [0.5, 0.6) is 5.75 Å². The lowest BCUT2D eigenvalue weighted by Gasteiger charge is -2.08. The predicted octanol–water partition coefficient (Wildman–Crippen LogP) is 3.88. The lowest BCUT2D eigenvalue weighted by molar-refractivity contribution is 0.102. The number of Topliss-reactive ketones (excluding diaryl/α,β-unsaturated/α-hetero) is 1. The summed E-state index contributed by atoms with van der Waals surface area (Å²) in [7, 11) is 1.59. The standard InChI is InChI=1S/C16H18BrN3O3S2/c1-22-14-5-4-10(7-12(14)17)13(21)9-24-16-20-19-15(25-16)18-8-11-3-2-6-23-11/h4-5,7,11H,2-3,6,8-9H2,1H3,(H,18,19)/t11-/m1/s1. The van der Waals surface area contributed by atoms with Gasteiger partial charge in [-0.1, -0.05) is 23.1 Å². The Labute approximate surface area is 162 Å². The fraction of sp³-hybridized carbons (Fsp3) is 0.438. The minimum absolute atomic E-state index is 0.0393. The van der Waals surface area contributed by atoms with Crippen molar-refractivity contribution < 1.29 is 14.3 Å². The number of rotatable bonds is 8. The van der Waals surface area contributed by atoms with Crippen molar-refractivity contribution in [1.29, 1.82) is 0 Å². The van der Waals surface area contributed by atoms with E-state index < -0.39 is 0 Å². The number of ether oxygens (including phenoxy) is 2. The molecule has 0 amide bonds. The number of anilines is 1.